The molecule has 0 aromatic rings. The lowest BCUT2D eigenvalue weighted by atomic mass is 10.0. The van der Waals surface area contributed by atoms with Crippen molar-refractivity contribution in [1.29, 1.82) is 0 Å². The maximum Gasteiger partial charge on any atom is 0.0613 e. The predicted octanol–water partition coefficient (Wildman–Crippen LogP) is 0.637. The zero-order valence-corrected chi connectivity index (χ0v) is 11.9. The van der Waals surface area contributed by atoms with E-state index in [9.17, 15) is 0 Å². The molecule has 1 heterocycles. The van der Waals surface area contributed by atoms with Crippen LogP contribution in [0.2, 0.25) is 0 Å². The van der Waals surface area contributed by atoms with Crippen molar-refractivity contribution in [3.8, 4) is 0 Å². The number of methoxy groups -OCH3 is 1. The quantitative estimate of drug-likeness (QED) is 0.710. The molecular formula is C13H29N3O. The highest BCUT2D eigenvalue weighted by Crippen LogP contribution is 2.13. The van der Waals surface area contributed by atoms with E-state index in [1.807, 2.05) is 0 Å². The summed E-state index contributed by atoms with van der Waals surface area (Å²) < 4.78 is 5.11. The Hall–Kier alpha value is -0.160. The van der Waals surface area contributed by atoms with E-state index >= 15 is 0 Å². The smallest absolute Gasteiger partial charge is 0.0613 e. The lowest BCUT2D eigenvalue weighted by Gasteiger charge is -2.35. The minimum Gasteiger partial charge on any atom is -0.383 e. The monoisotopic (exact) mass is 243 g/mol. The van der Waals surface area contributed by atoms with Crippen molar-refractivity contribution in [2.24, 2.45) is 0 Å². The number of likely N-dealkylation sites (tertiary alicyclic amines) is 1. The third kappa shape index (κ3) is 5.82. The number of hydrogen-bond acceptors (Lipinski definition) is 4. The zero-order valence-electron chi connectivity index (χ0n) is 11.9. The Labute approximate surface area is 106 Å². The van der Waals surface area contributed by atoms with Gasteiger partial charge in [-0.05, 0) is 47.0 Å². The molecule has 1 fully saturated rings. The molecule has 102 valence electrons. The maximum absolute atomic E-state index is 5.11. The Morgan fingerprint density at radius 3 is 2.65 bits per heavy atom. The first-order valence-corrected chi connectivity index (χ1v) is 6.74. The molecule has 0 spiro atoms. The van der Waals surface area contributed by atoms with Gasteiger partial charge < -0.3 is 19.9 Å². The molecule has 0 aromatic heterocycles. The summed E-state index contributed by atoms with van der Waals surface area (Å²) in [6.45, 7) is 7.61. The van der Waals surface area contributed by atoms with E-state index in [1.54, 1.807) is 7.11 Å². The van der Waals surface area contributed by atoms with Gasteiger partial charge in [-0.25, -0.2) is 0 Å². The average molecular weight is 243 g/mol. The van der Waals surface area contributed by atoms with Crippen molar-refractivity contribution in [2.75, 3.05) is 54.0 Å². The summed E-state index contributed by atoms with van der Waals surface area (Å²) in [5.41, 5.74) is 0. The third-order valence-electron chi connectivity index (χ3n) is 3.69. The molecule has 1 aliphatic heterocycles. The lowest BCUT2D eigenvalue weighted by Crippen LogP contribution is -2.45. The van der Waals surface area contributed by atoms with Crippen LogP contribution >= 0.6 is 0 Å². The van der Waals surface area contributed by atoms with Crippen LogP contribution in [0.5, 0.6) is 0 Å². The molecule has 4 heteroatoms. The molecule has 1 unspecified atom stereocenters. The second-order valence-electron chi connectivity index (χ2n) is 5.33. The lowest BCUT2D eigenvalue weighted by molar-refractivity contribution is 0.139. The van der Waals surface area contributed by atoms with Gasteiger partial charge in [0.1, 0.15) is 0 Å². The second-order valence-corrected chi connectivity index (χ2v) is 5.33. The van der Waals surface area contributed by atoms with Crippen LogP contribution in [-0.2, 0) is 4.74 Å². The Kier molecular flexibility index (Phi) is 7.04. The Morgan fingerprint density at radius 2 is 2.06 bits per heavy atom. The minimum absolute atomic E-state index is 0.450. The van der Waals surface area contributed by atoms with Crippen LogP contribution in [0.25, 0.3) is 0 Å². The average Bonchev–Trinajstić information content (AvgIpc) is 2.30. The predicted molar refractivity (Wildman–Crippen MR) is 72.5 cm³/mol. The van der Waals surface area contributed by atoms with Crippen LogP contribution in [0.15, 0.2) is 0 Å². The highest BCUT2D eigenvalue weighted by Gasteiger charge is 2.19. The molecule has 4 nitrogen and oxygen atoms in total. The van der Waals surface area contributed by atoms with Crippen molar-refractivity contribution in [3.63, 3.8) is 0 Å². The van der Waals surface area contributed by atoms with Crippen LogP contribution in [0.3, 0.4) is 0 Å². The number of likely N-dealkylation sites (N-methyl/N-ethyl adjacent to an activating group) is 1. The zero-order chi connectivity index (χ0) is 12.7. The van der Waals surface area contributed by atoms with Gasteiger partial charge in [-0.15, -0.1) is 0 Å². The van der Waals surface area contributed by atoms with Gasteiger partial charge in [-0.2, -0.15) is 0 Å². The van der Waals surface area contributed by atoms with E-state index in [0.29, 0.717) is 6.04 Å². The topological polar surface area (TPSA) is 27.7 Å². The fourth-order valence-corrected chi connectivity index (χ4v) is 2.41. The van der Waals surface area contributed by atoms with Crippen molar-refractivity contribution >= 4 is 0 Å². The summed E-state index contributed by atoms with van der Waals surface area (Å²) in [6.07, 6.45) is 2.61. The Bertz CT molecular complexity index is 193. The van der Waals surface area contributed by atoms with Crippen molar-refractivity contribution in [1.82, 2.24) is 15.1 Å². The van der Waals surface area contributed by atoms with Crippen LogP contribution in [0.4, 0.5) is 0 Å². The number of ether oxygens (including phenoxy) is 1. The molecule has 0 amide bonds. The van der Waals surface area contributed by atoms with E-state index in [2.05, 4.69) is 36.1 Å². The summed E-state index contributed by atoms with van der Waals surface area (Å²) in [5.74, 6) is 0. The molecule has 0 saturated carbocycles. The van der Waals surface area contributed by atoms with Crippen LogP contribution in [-0.4, -0.2) is 75.9 Å². The van der Waals surface area contributed by atoms with Gasteiger partial charge >= 0.3 is 0 Å². The number of piperidine rings is 1. The summed E-state index contributed by atoms with van der Waals surface area (Å²) >= 11 is 0. The van der Waals surface area contributed by atoms with Gasteiger partial charge in [0, 0.05) is 32.3 Å². The van der Waals surface area contributed by atoms with E-state index in [1.165, 1.54) is 25.9 Å². The molecule has 1 aliphatic rings. The van der Waals surface area contributed by atoms with E-state index < -0.39 is 0 Å². The number of hydrogen-bond donors (Lipinski definition) is 1. The summed E-state index contributed by atoms with van der Waals surface area (Å²) in [6, 6.07) is 1.22. The van der Waals surface area contributed by atoms with Gasteiger partial charge in [-0.3, -0.25) is 0 Å². The first kappa shape index (κ1) is 14.9. The molecule has 1 atom stereocenters. The van der Waals surface area contributed by atoms with E-state index in [0.717, 1.165) is 25.7 Å². The molecule has 0 bridgehead atoms. The normalized spacial score (nSPS) is 21.0. The number of rotatable bonds is 7. The molecule has 0 radical (unpaired) electrons. The SMILES string of the molecule is COCC(C)NCCN(C)C1CCN(C)CC1. The van der Waals surface area contributed by atoms with Crippen LogP contribution in [0, 0.1) is 0 Å². The third-order valence-corrected chi connectivity index (χ3v) is 3.69. The van der Waals surface area contributed by atoms with Crippen LogP contribution in [0.1, 0.15) is 19.8 Å². The second kappa shape index (κ2) is 8.03. The standard InChI is InChI=1S/C13H29N3O/c1-12(11-17-4)14-7-10-16(3)13-5-8-15(2)9-6-13/h12-14H,5-11H2,1-4H3. The Balaban J connectivity index is 2.10. The summed E-state index contributed by atoms with van der Waals surface area (Å²) in [4.78, 5) is 4.92. The Morgan fingerprint density at radius 1 is 1.41 bits per heavy atom. The number of nitrogens with one attached hydrogen (secondary N) is 1. The summed E-state index contributed by atoms with van der Waals surface area (Å²) in [7, 11) is 6.21. The molecule has 0 aliphatic carbocycles. The van der Waals surface area contributed by atoms with Crippen molar-refractivity contribution in [3.05, 3.63) is 0 Å². The van der Waals surface area contributed by atoms with Gasteiger partial charge in [0.15, 0.2) is 0 Å². The van der Waals surface area contributed by atoms with E-state index in [-0.39, 0.29) is 0 Å². The van der Waals surface area contributed by atoms with Crippen LogP contribution < -0.4 is 5.32 Å². The first-order valence-electron chi connectivity index (χ1n) is 6.74. The number of nitrogens with zero attached hydrogens (tertiary/aromatic N) is 2. The highest BCUT2D eigenvalue weighted by atomic mass is 16.5. The molecule has 1 N–H and O–H groups in total. The molecular weight excluding hydrogens is 214 g/mol. The largest absolute Gasteiger partial charge is 0.383 e. The fourth-order valence-electron chi connectivity index (χ4n) is 2.41. The van der Waals surface area contributed by atoms with E-state index in [4.69, 9.17) is 4.74 Å². The highest BCUT2D eigenvalue weighted by molar-refractivity contribution is 4.77. The first-order chi connectivity index (χ1) is 8.13. The fraction of sp³-hybridized carbons (Fsp3) is 1.00. The van der Waals surface area contributed by atoms with Gasteiger partial charge in [0.2, 0.25) is 0 Å². The molecule has 0 aromatic carbocycles. The van der Waals surface area contributed by atoms with Gasteiger partial charge in [0.25, 0.3) is 0 Å². The summed E-state index contributed by atoms with van der Waals surface area (Å²) in [5, 5.41) is 3.49. The van der Waals surface area contributed by atoms with Crippen molar-refractivity contribution < 1.29 is 4.74 Å². The van der Waals surface area contributed by atoms with Gasteiger partial charge in [-0.1, -0.05) is 0 Å². The molecule has 1 rings (SSSR count). The molecule has 1 saturated heterocycles. The maximum atomic E-state index is 5.11. The van der Waals surface area contributed by atoms with Crippen molar-refractivity contribution in [2.45, 2.75) is 31.8 Å². The molecule has 17 heavy (non-hydrogen) atoms. The minimum atomic E-state index is 0.450. The van der Waals surface area contributed by atoms with Gasteiger partial charge in [0.05, 0.1) is 6.61 Å².